The number of benzene rings is 1. The SMILES string of the molecule is COc1ccc(OC)c2c1CN(Cc1cc(C)on1)CC2O. The van der Waals surface area contributed by atoms with Crippen molar-refractivity contribution >= 4 is 0 Å². The van der Waals surface area contributed by atoms with E-state index in [4.69, 9.17) is 14.0 Å². The molecule has 0 saturated heterocycles. The summed E-state index contributed by atoms with van der Waals surface area (Å²) in [6, 6.07) is 5.61. The maximum atomic E-state index is 10.5. The van der Waals surface area contributed by atoms with Crippen LogP contribution in [-0.2, 0) is 13.1 Å². The molecule has 2 aromatic rings. The topological polar surface area (TPSA) is 68.0 Å². The summed E-state index contributed by atoms with van der Waals surface area (Å²) >= 11 is 0. The van der Waals surface area contributed by atoms with Gasteiger partial charge in [-0.3, -0.25) is 4.90 Å². The molecular formula is C16H20N2O4. The highest BCUT2D eigenvalue weighted by Gasteiger charge is 2.29. The molecule has 6 heteroatoms. The summed E-state index contributed by atoms with van der Waals surface area (Å²) in [5.74, 6) is 2.24. The van der Waals surface area contributed by atoms with Crippen molar-refractivity contribution in [1.82, 2.24) is 10.1 Å². The zero-order chi connectivity index (χ0) is 15.7. The molecule has 3 rings (SSSR count). The van der Waals surface area contributed by atoms with Crippen molar-refractivity contribution in [3.63, 3.8) is 0 Å². The molecule has 1 aromatic heterocycles. The van der Waals surface area contributed by atoms with Gasteiger partial charge in [0.15, 0.2) is 0 Å². The van der Waals surface area contributed by atoms with Gasteiger partial charge in [-0.2, -0.15) is 0 Å². The summed E-state index contributed by atoms with van der Waals surface area (Å²) in [6.45, 7) is 3.67. The van der Waals surface area contributed by atoms with Gasteiger partial charge in [-0.25, -0.2) is 0 Å². The van der Waals surface area contributed by atoms with Crippen molar-refractivity contribution in [2.75, 3.05) is 20.8 Å². The Bertz CT molecular complexity index is 668. The highest BCUT2D eigenvalue weighted by molar-refractivity contribution is 5.51. The van der Waals surface area contributed by atoms with Gasteiger partial charge in [0.1, 0.15) is 17.3 Å². The minimum Gasteiger partial charge on any atom is -0.496 e. The summed E-state index contributed by atoms with van der Waals surface area (Å²) in [5.41, 5.74) is 2.63. The lowest BCUT2D eigenvalue weighted by atomic mass is 9.95. The maximum Gasteiger partial charge on any atom is 0.133 e. The van der Waals surface area contributed by atoms with Gasteiger partial charge in [0.25, 0.3) is 0 Å². The van der Waals surface area contributed by atoms with Gasteiger partial charge in [0.05, 0.1) is 26.0 Å². The molecule has 0 amide bonds. The van der Waals surface area contributed by atoms with Crippen LogP contribution in [0.15, 0.2) is 22.7 Å². The number of aromatic nitrogens is 1. The predicted molar refractivity (Wildman–Crippen MR) is 79.9 cm³/mol. The zero-order valence-corrected chi connectivity index (χ0v) is 13.0. The Morgan fingerprint density at radius 3 is 2.68 bits per heavy atom. The molecule has 22 heavy (non-hydrogen) atoms. The zero-order valence-electron chi connectivity index (χ0n) is 13.0. The van der Waals surface area contributed by atoms with E-state index in [1.54, 1.807) is 14.2 Å². The number of methoxy groups -OCH3 is 2. The van der Waals surface area contributed by atoms with E-state index in [0.29, 0.717) is 25.4 Å². The van der Waals surface area contributed by atoms with E-state index in [0.717, 1.165) is 28.3 Å². The Balaban J connectivity index is 1.90. The van der Waals surface area contributed by atoms with Crippen LogP contribution in [-0.4, -0.2) is 35.9 Å². The standard InChI is InChI=1S/C16H20N2O4/c1-10-6-11(17-22-10)7-18-8-12-14(20-2)4-5-15(21-3)16(12)13(19)9-18/h4-6,13,19H,7-9H2,1-3H3. The van der Waals surface area contributed by atoms with Crippen LogP contribution in [0.25, 0.3) is 0 Å². The molecule has 1 aliphatic heterocycles. The number of fused-ring (bicyclic) bond motifs is 1. The van der Waals surface area contributed by atoms with E-state index in [-0.39, 0.29) is 0 Å². The number of aryl methyl sites for hydroxylation is 1. The van der Waals surface area contributed by atoms with Gasteiger partial charge in [-0.15, -0.1) is 0 Å². The average Bonchev–Trinajstić information content (AvgIpc) is 2.91. The molecule has 0 fully saturated rings. The lowest BCUT2D eigenvalue weighted by Crippen LogP contribution is -2.33. The molecule has 1 aromatic carbocycles. The molecule has 1 atom stereocenters. The van der Waals surface area contributed by atoms with E-state index < -0.39 is 6.10 Å². The molecule has 1 N–H and O–H groups in total. The molecule has 6 nitrogen and oxygen atoms in total. The molecule has 0 radical (unpaired) electrons. The van der Waals surface area contributed by atoms with Crippen molar-refractivity contribution in [3.8, 4) is 11.5 Å². The smallest absolute Gasteiger partial charge is 0.133 e. The van der Waals surface area contributed by atoms with Crippen LogP contribution in [0.1, 0.15) is 28.7 Å². The van der Waals surface area contributed by atoms with E-state index in [1.165, 1.54) is 0 Å². The van der Waals surface area contributed by atoms with Crippen LogP contribution >= 0.6 is 0 Å². The van der Waals surface area contributed by atoms with E-state index in [9.17, 15) is 5.11 Å². The van der Waals surface area contributed by atoms with Crippen LogP contribution < -0.4 is 9.47 Å². The van der Waals surface area contributed by atoms with Crippen molar-refractivity contribution in [1.29, 1.82) is 0 Å². The third kappa shape index (κ3) is 2.67. The first-order valence-electron chi connectivity index (χ1n) is 7.18. The first kappa shape index (κ1) is 14.9. The Kier molecular flexibility index (Phi) is 4.04. The second-order valence-electron chi connectivity index (χ2n) is 5.48. The monoisotopic (exact) mass is 304 g/mol. The lowest BCUT2D eigenvalue weighted by Gasteiger charge is -2.33. The fraction of sp³-hybridized carbons (Fsp3) is 0.438. The van der Waals surface area contributed by atoms with Gasteiger partial charge in [-0.05, 0) is 19.1 Å². The van der Waals surface area contributed by atoms with Gasteiger partial charge in [-0.1, -0.05) is 5.16 Å². The van der Waals surface area contributed by atoms with Crippen LogP contribution in [0, 0.1) is 6.92 Å². The number of aliphatic hydroxyl groups is 1. The number of hydrogen-bond acceptors (Lipinski definition) is 6. The van der Waals surface area contributed by atoms with E-state index >= 15 is 0 Å². The Hall–Kier alpha value is -2.05. The number of hydrogen-bond donors (Lipinski definition) is 1. The summed E-state index contributed by atoms with van der Waals surface area (Å²) in [5, 5.41) is 14.5. The summed E-state index contributed by atoms with van der Waals surface area (Å²) in [4.78, 5) is 2.12. The normalized spacial score (nSPS) is 18.1. The largest absolute Gasteiger partial charge is 0.496 e. The van der Waals surface area contributed by atoms with Gasteiger partial charge in [0.2, 0.25) is 0 Å². The average molecular weight is 304 g/mol. The number of ether oxygens (including phenoxy) is 2. The summed E-state index contributed by atoms with van der Waals surface area (Å²) in [7, 11) is 3.24. The molecule has 0 bridgehead atoms. The fourth-order valence-corrected chi connectivity index (χ4v) is 2.99. The molecular weight excluding hydrogens is 284 g/mol. The number of nitrogens with zero attached hydrogens (tertiary/aromatic N) is 2. The summed E-state index contributed by atoms with van der Waals surface area (Å²) in [6.07, 6.45) is -0.623. The quantitative estimate of drug-likeness (QED) is 0.932. The maximum absolute atomic E-state index is 10.5. The van der Waals surface area contributed by atoms with Gasteiger partial charge in [0, 0.05) is 36.8 Å². The van der Waals surface area contributed by atoms with Crippen LogP contribution in [0.4, 0.5) is 0 Å². The van der Waals surface area contributed by atoms with Crippen molar-refractivity contribution < 1.29 is 19.1 Å². The molecule has 2 heterocycles. The Labute approximate surface area is 129 Å². The predicted octanol–water partition coefficient (Wildman–Crippen LogP) is 2.05. The van der Waals surface area contributed by atoms with Crippen LogP contribution in [0.3, 0.4) is 0 Å². The van der Waals surface area contributed by atoms with E-state index in [1.807, 2.05) is 25.1 Å². The van der Waals surface area contributed by atoms with Crippen molar-refractivity contribution in [3.05, 3.63) is 40.8 Å². The molecule has 118 valence electrons. The van der Waals surface area contributed by atoms with Gasteiger partial charge < -0.3 is 19.1 Å². The highest BCUT2D eigenvalue weighted by atomic mass is 16.5. The molecule has 0 saturated carbocycles. The summed E-state index contributed by atoms with van der Waals surface area (Å²) < 4.78 is 15.9. The molecule has 0 spiro atoms. The second-order valence-corrected chi connectivity index (χ2v) is 5.48. The van der Waals surface area contributed by atoms with Crippen LogP contribution in [0.5, 0.6) is 11.5 Å². The Morgan fingerprint density at radius 1 is 1.32 bits per heavy atom. The van der Waals surface area contributed by atoms with Crippen LogP contribution in [0.2, 0.25) is 0 Å². The third-order valence-corrected chi connectivity index (χ3v) is 3.92. The van der Waals surface area contributed by atoms with Crippen molar-refractivity contribution in [2.45, 2.75) is 26.1 Å². The Morgan fingerprint density at radius 2 is 2.05 bits per heavy atom. The number of aliphatic hydroxyl groups excluding tert-OH is 1. The number of β-amino-alcohol motifs (C(OH)–C–C–N with tert-alkyl or cyclic N) is 1. The fourth-order valence-electron chi connectivity index (χ4n) is 2.99. The first-order valence-corrected chi connectivity index (χ1v) is 7.18. The minimum atomic E-state index is -0.623. The molecule has 1 unspecified atom stereocenters. The third-order valence-electron chi connectivity index (χ3n) is 3.92. The lowest BCUT2D eigenvalue weighted by molar-refractivity contribution is 0.0830. The van der Waals surface area contributed by atoms with Gasteiger partial charge >= 0.3 is 0 Å². The van der Waals surface area contributed by atoms with E-state index in [2.05, 4.69) is 10.1 Å². The minimum absolute atomic E-state index is 0.516. The molecule has 1 aliphatic rings. The second kappa shape index (κ2) is 5.98. The first-order chi connectivity index (χ1) is 10.6. The van der Waals surface area contributed by atoms with Crippen molar-refractivity contribution in [2.24, 2.45) is 0 Å². The molecule has 0 aliphatic carbocycles. The highest BCUT2D eigenvalue weighted by Crippen LogP contribution is 2.39. The number of rotatable bonds is 4.